The summed E-state index contributed by atoms with van der Waals surface area (Å²) in [5.74, 6) is -1.35. The van der Waals surface area contributed by atoms with Gasteiger partial charge in [-0.05, 0) is 30.3 Å². The largest absolute Gasteiger partial charge is 0.435 e. The molecule has 156 valence electrons. The molecule has 0 aliphatic heterocycles. The number of carbonyl (C=O) groups is 1. The van der Waals surface area contributed by atoms with Crippen molar-refractivity contribution >= 4 is 28.5 Å². The van der Waals surface area contributed by atoms with Crippen LogP contribution in [0.25, 0.3) is 17.5 Å². The Labute approximate surface area is 171 Å². The molecule has 0 aliphatic rings. The van der Waals surface area contributed by atoms with E-state index in [9.17, 15) is 22.4 Å². The maximum Gasteiger partial charge on any atom is 0.387 e. The van der Waals surface area contributed by atoms with Gasteiger partial charge in [0.2, 0.25) is 5.91 Å². The summed E-state index contributed by atoms with van der Waals surface area (Å²) in [6.45, 7) is -6.31. The van der Waals surface area contributed by atoms with E-state index in [1.54, 1.807) is 29.8 Å². The van der Waals surface area contributed by atoms with Crippen LogP contribution in [0.2, 0.25) is 0 Å². The van der Waals surface area contributed by atoms with Gasteiger partial charge in [-0.3, -0.25) is 15.1 Å². The van der Waals surface area contributed by atoms with Crippen molar-refractivity contribution < 1.29 is 31.8 Å². The molecule has 0 fully saturated rings. The number of ether oxygens (including phenoxy) is 2. The zero-order valence-corrected chi connectivity index (χ0v) is 15.8. The van der Waals surface area contributed by atoms with Gasteiger partial charge in [0.1, 0.15) is 17.2 Å². The van der Waals surface area contributed by atoms with Crippen molar-refractivity contribution in [3.63, 3.8) is 0 Å². The Morgan fingerprint density at radius 3 is 2.57 bits per heavy atom. The van der Waals surface area contributed by atoms with Gasteiger partial charge in [0, 0.05) is 29.3 Å². The zero-order valence-electron chi connectivity index (χ0n) is 15.0. The number of thiazole rings is 1. The number of anilines is 1. The number of benzene rings is 1. The number of hydrogen-bond acceptors (Lipinski definition) is 6. The smallest absolute Gasteiger partial charge is 0.387 e. The highest BCUT2D eigenvalue weighted by atomic mass is 32.1. The molecule has 0 bridgehead atoms. The number of nitrogens with one attached hydrogen (secondary N) is 1. The van der Waals surface area contributed by atoms with Gasteiger partial charge in [-0.25, -0.2) is 4.98 Å². The minimum atomic E-state index is -3.19. The summed E-state index contributed by atoms with van der Waals surface area (Å²) in [6, 6.07) is 8.58. The van der Waals surface area contributed by atoms with E-state index in [1.807, 2.05) is 0 Å². The Hall–Kier alpha value is -3.47. The normalized spacial score (nSPS) is 11.3. The summed E-state index contributed by atoms with van der Waals surface area (Å²) in [7, 11) is 0. The highest BCUT2D eigenvalue weighted by molar-refractivity contribution is 7.14. The predicted octanol–water partition coefficient (Wildman–Crippen LogP) is 5.06. The first-order valence-corrected chi connectivity index (χ1v) is 9.18. The van der Waals surface area contributed by atoms with Crippen LogP contribution in [-0.2, 0) is 4.79 Å². The molecule has 2 heterocycles. The highest BCUT2D eigenvalue weighted by Gasteiger charge is 2.13. The summed E-state index contributed by atoms with van der Waals surface area (Å²) in [5.41, 5.74) is 1.30. The SMILES string of the molecule is O=C(/C=C/c1ccc(OC(F)F)cc1OC(F)F)Nc1nc(-c2ccccn2)cs1. The molecule has 3 aromatic rings. The first kappa shape index (κ1) is 21.2. The number of hydrogen-bond donors (Lipinski definition) is 1. The molecule has 0 saturated carbocycles. The molecule has 0 atom stereocenters. The molecule has 1 N–H and O–H groups in total. The van der Waals surface area contributed by atoms with Gasteiger partial charge < -0.3 is 9.47 Å². The van der Waals surface area contributed by atoms with Gasteiger partial charge in [0.05, 0.1) is 5.69 Å². The van der Waals surface area contributed by atoms with E-state index < -0.39 is 24.9 Å². The van der Waals surface area contributed by atoms with Crippen LogP contribution in [0.4, 0.5) is 22.7 Å². The van der Waals surface area contributed by atoms with E-state index in [-0.39, 0.29) is 11.3 Å². The van der Waals surface area contributed by atoms with Crippen LogP contribution < -0.4 is 14.8 Å². The maximum atomic E-state index is 12.6. The lowest BCUT2D eigenvalue weighted by Crippen LogP contribution is -2.08. The molecule has 0 radical (unpaired) electrons. The zero-order chi connectivity index (χ0) is 21.5. The number of nitrogens with zero attached hydrogens (tertiary/aromatic N) is 2. The van der Waals surface area contributed by atoms with Gasteiger partial charge in [0.25, 0.3) is 0 Å². The number of aromatic nitrogens is 2. The molecule has 0 unspecified atom stereocenters. The number of halogens is 4. The fourth-order valence-corrected chi connectivity index (χ4v) is 3.01. The van der Waals surface area contributed by atoms with Crippen LogP contribution in [-0.4, -0.2) is 29.1 Å². The Morgan fingerprint density at radius 1 is 1.07 bits per heavy atom. The molecule has 1 aromatic carbocycles. The Balaban J connectivity index is 1.70. The summed E-state index contributed by atoms with van der Waals surface area (Å²) in [6.07, 6.45) is 3.89. The van der Waals surface area contributed by atoms with Crippen molar-refractivity contribution in [1.29, 1.82) is 0 Å². The maximum absolute atomic E-state index is 12.6. The summed E-state index contributed by atoms with van der Waals surface area (Å²) in [4.78, 5) is 20.5. The summed E-state index contributed by atoms with van der Waals surface area (Å²) >= 11 is 1.19. The molecule has 0 saturated heterocycles. The van der Waals surface area contributed by atoms with Crippen LogP contribution in [0.3, 0.4) is 0 Å². The third-order valence-corrected chi connectivity index (χ3v) is 4.26. The molecule has 0 spiro atoms. The van der Waals surface area contributed by atoms with Crippen LogP contribution in [0.5, 0.6) is 11.5 Å². The fourth-order valence-electron chi connectivity index (χ4n) is 2.30. The van der Waals surface area contributed by atoms with E-state index in [0.717, 1.165) is 18.2 Å². The quantitative estimate of drug-likeness (QED) is 0.392. The van der Waals surface area contributed by atoms with Gasteiger partial charge in [-0.2, -0.15) is 17.6 Å². The van der Waals surface area contributed by atoms with E-state index in [2.05, 4.69) is 24.8 Å². The van der Waals surface area contributed by atoms with Crippen molar-refractivity contribution in [2.24, 2.45) is 0 Å². The second-order valence-electron chi connectivity index (χ2n) is 5.53. The third-order valence-electron chi connectivity index (χ3n) is 3.50. The lowest BCUT2D eigenvalue weighted by atomic mass is 10.1. The molecule has 0 aliphatic carbocycles. The fraction of sp³-hybridized carbons (Fsp3) is 0.105. The number of pyridine rings is 1. The molecular weight excluding hydrogens is 426 g/mol. The lowest BCUT2D eigenvalue weighted by Gasteiger charge is -2.11. The Kier molecular flexibility index (Phi) is 6.96. The Bertz CT molecular complexity index is 1030. The van der Waals surface area contributed by atoms with Crippen molar-refractivity contribution in [3.8, 4) is 22.9 Å². The van der Waals surface area contributed by atoms with Gasteiger partial charge >= 0.3 is 13.2 Å². The van der Waals surface area contributed by atoms with Crippen molar-refractivity contribution in [2.45, 2.75) is 13.2 Å². The second-order valence-corrected chi connectivity index (χ2v) is 6.39. The van der Waals surface area contributed by atoms with Crippen molar-refractivity contribution in [3.05, 3.63) is 59.6 Å². The molecule has 2 aromatic heterocycles. The molecule has 1 amide bonds. The minimum Gasteiger partial charge on any atom is -0.435 e. The second kappa shape index (κ2) is 9.83. The molecule has 30 heavy (non-hydrogen) atoms. The third kappa shape index (κ3) is 6.01. The van der Waals surface area contributed by atoms with E-state index >= 15 is 0 Å². The molecule has 11 heteroatoms. The number of alkyl halides is 4. The van der Waals surface area contributed by atoms with Gasteiger partial charge in [-0.1, -0.05) is 6.07 Å². The summed E-state index contributed by atoms with van der Waals surface area (Å²) < 4.78 is 58.3. The number of carbonyl (C=O) groups excluding carboxylic acids is 1. The first-order valence-electron chi connectivity index (χ1n) is 8.30. The molecular formula is C19H13F4N3O3S. The minimum absolute atomic E-state index is 0.0698. The van der Waals surface area contributed by atoms with Crippen molar-refractivity contribution in [1.82, 2.24) is 9.97 Å². The number of rotatable bonds is 8. The van der Waals surface area contributed by atoms with E-state index in [4.69, 9.17) is 0 Å². The Morgan fingerprint density at radius 2 is 1.87 bits per heavy atom. The van der Waals surface area contributed by atoms with E-state index in [0.29, 0.717) is 16.5 Å². The van der Waals surface area contributed by atoms with Crippen molar-refractivity contribution in [2.75, 3.05) is 5.32 Å². The summed E-state index contributed by atoms with van der Waals surface area (Å²) in [5, 5.41) is 4.58. The topological polar surface area (TPSA) is 73.3 Å². The van der Waals surface area contributed by atoms with Crippen LogP contribution in [0.15, 0.2) is 54.1 Å². The van der Waals surface area contributed by atoms with Crippen LogP contribution >= 0.6 is 11.3 Å². The highest BCUT2D eigenvalue weighted by Crippen LogP contribution is 2.29. The van der Waals surface area contributed by atoms with E-state index in [1.165, 1.54) is 23.5 Å². The molecule has 3 rings (SSSR count). The molecule has 6 nitrogen and oxygen atoms in total. The standard InChI is InChI=1S/C19H13F4N3O3S/c20-17(21)28-12-6-4-11(15(9-12)29-18(22)23)5-7-16(27)26-19-25-14(10-30-19)13-3-1-2-8-24-13/h1-10,17-18H,(H,25,26,27)/b7-5+. The first-order chi connectivity index (χ1) is 14.4. The van der Waals surface area contributed by atoms with Crippen LogP contribution in [0, 0.1) is 0 Å². The lowest BCUT2D eigenvalue weighted by molar-refractivity contribution is -0.111. The van der Waals surface area contributed by atoms with Gasteiger partial charge in [0.15, 0.2) is 5.13 Å². The predicted molar refractivity (Wildman–Crippen MR) is 103 cm³/mol. The van der Waals surface area contributed by atoms with Crippen LogP contribution in [0.1, 0.15) is 5.56 Å². The number of amides is 1. The van der Waals surface area contributed by atoms with Gasteiger partial charge in [-0.15, -0.1) is 11.3 Å². The average molecular weight is 439 g/mol. The average Bonchev–Trinajstić information content (AvgIpc) is 3.15. The monoisotopic (exact) mass is 439 g/mol.